The fraction of sp³-hybridized carbons (Fsp3) is 0.462. The van der Waals surface area contributed by atoms with Crippen molar-refractivity contribution in [2.75, 3.05) is 12.3 Å². The van der Waals surface area contributed by atoms with Gasteiger partial charge in [0.25, 0.3) is 0 Å². The first-order valence-electron chi connectivity index (χ1n) is 6.49. The second kappa shape index (κ2) is 4.71. The van der Waals surface area contributed by atoms with Crippen LogP contribution in [0.25, 0.3) is 11.4 Å². The van der Waals surface area contributed by atoms with Gasteiger partial charge in [0.1, 0.15) is 0 Å². The second-order valence-corrected chi connectivity index (χ2v) is 5.62. The zero-order valence-corrected chi connectivity index (χ0v) is 12.1. The number of tetrazole rings is 1. The average molecular weight is 294 g/mol. The third-order valence-electron chi connectivity index (χ3n) is 4.07. The van der Waals surface area contributed by atoms with Gasteiger partial charge < -0.3 is 10.5 Å². The van der Waals surface area contributed by atoms with Gasteiger partial charge in [-0.25, -0.2) is 4.68 Å². The minimum absolute atomic E-state index is 0.0320. The highest BCUT2D eigenvalue weighted by atomic mass is 35.5. The van der Waals surface area contributed by atoms with Gasteiger partial charge in [-0.1, -0.05) is 17.7 Å². The number of nitrogen functional groups attached to an aromatic ring is 1. The molecular formula is C13H16ClN5O. The first-order valence-corrected chi connectivity index (χ1v) is 6.86. The van der Waals surface area contributed by atoms with Crippen LogP contribution in [-0.2, 0) is 10.3 Å². The molecule has 106 valence electrons. The summed E-state index contributed by atoms with van der Waals surface area (Å²) in [5.74, 6) is 0.613. The topological polar surface area (TPSA) is 78.8 Å². The summed E-state index contributed by atoms with van der Waals surface area (Å²) in [6.45, 7) is 4.81. The largest absolute Gasteiger partial charge is 0.398 e. The van der Waals surface area contributed by atoms with Gasteiger partial charge in [0.2, 0.25) is 0 Å². The first-order chi connectivity index (χ1) is 9.54. The van der Waals surface area contributed by atoms with Crippen LogP contribution >= 0.6 is 11.6 Å². The lowest BCUT2D eigenvalue weighted by atomic mass is 9.94. The molecule has 0 saturated carbocycles. The Morgan fingerprint density at radius 2 is 2.30 bits per heavy atom. The number of benzene rings is 1. The Balaban J connectivity index is 2.14. The number of halogens is 1. The van der Waals surface area contributed by atoms with Crippen LogP contribution in [-0.4, -0.2) is 32.9 Å². The number of hydrogen-bond acceptors (Lipinski definition) is 5. The van der Waals surface area contributed by atoms with E-state index in [0.717, 1.165) is 12.0 Å². The number of nitrogens with zero attached hydrogens (tertiary/aromatic N) is 4. The maximum atomic E-state index is 6.28. The van der Waals surface area contributed by atoms with Crippen molar-refractivity contribution < 1.29 is 4.74 Å². The monoisotopic (exact) mass is 293 g/mol. The van der Waals surface area contributed by atoms with Crippen LogP contribution in [0.15, 0.2) is 18.2 Å². The molecule has 3 rings (SSSR count). The zero-order chi connectivity index (χ0) is 14.3. The first kappa shape index (κ1) is 13.3. The number of rotatable bonds is 2. The van der Waals surface area contributed by atoms with Crippen LogP contribution in [0, 0.1) is 0 Å². The smallest absolute Gasteiger partial charge is 0.184 e. The van der Waals surface area contributed by atoms with E-state index in [4.69, 9.17) is 22.1 Å². The summed E-state index contributed by atoms with van der Waals surface area (Å²) in [7, 11) is 0. The molecule has 0 aliphatic carbocycles. The van der Waals surface area contributed by atoms with Gasteiger partial charge in [-0.2, -0.15) is 0 Å². The van der Waals surface area contributed by atoms with E-state index >= 15 is 0 Å². The number of aromatic nitrogens is 4. The highest BCUT2D eigenvalue weighted by Gasteiger charge is 2.42. The molecule has 2 atom stereocenters. The molecule has 7 heteroatoms. The number of nitrogens with two attached hydrogens (primary N) is 1. The minimum Gasteiger partial charge on any atom is -0.398 e. The fourth-order valence-corrected chi connectivity index (χ4v) is 2.74. The van der Waals surface area contributed by atoms with Crippen LogP contribution < -0.4 is 5.73 Å². The number of ether oxygens (including phenoxy) is 1. The Hall–Kier alpha value is -1.66. The minimum atomic E-state index is -0.285. The summed E-state index contributed by atoms with van der Waals surface area (Å²) in [5, 5.41) is 12.5. The summed E-state index contributed by atoms with van der Waals surface area (Å²) in [5.41, 5.74) is 6.82. The fourth-order valence-electron chi connectivity index (χ4n) is 2.52. The normalized spacial score (nSPS) is 26.1. The van der Waals surface area contributed by atoms with E-state index in [1.54, 1.807) is 10.7 Å². The molecule has 1 fully saturated rings. The second-order valence-electron chi connectivity index (χ2n) is 5.24. The van der Waals surface area contributed by atoms with Gasteiger partial charge in [-0.15, -0.1) is 5.10 Å². The lowest BCUT2D eigenvalue weighted by Gasteiger charge is -2.28. The molecule has 0 spiro atoms. The highest BCUT2D eigenvalue weighted by Crippen LogP contribution is 2.37. The van der Waals surface area contributed by atoms with Crippen LogP contribution in [0.3, 0.4) is 0 Å². The lowest BCUT2D eigenvalue weighted by Crippen LogP contribution is -2.38. The third kappa shape index (κ3) is 1.87. The van der Waals surface area contributed by atoms with Gasteiger partial charge >= 0.3 is 0 Å². The molecule has 2 heterocycles. The molecule has 2 aromatic rings. The molecule has 0 radical (unpaired) electrons. The van der Waals surface area contributed by atoms with Crippen LogP contribution in [0.4, 0.5) is 5.69 Å². The molecule has 1 aliphatic heterocycles. The average Bonchev–Trinajstić information content (AvgIpc) is 3.02. The molecule has 2 N–H and O–H groups in total. The standard InChI is InChI=1S/C13H16ClN5O/c1-8-13(2,6-7-20-8)19-12(16-17-18-19)9-4-3-5-10(15)11(9)14/h3-5,8H,6-7,15H2,1-2H3. The molecule has 1 saturated heterocycles. The van der Waals surface area contributed by atoms with Crippen molar-refractivity contribution in [2.24, 2.45) is 0 Å². The van der Waals surface area contributed by atoms with E-state index < -0.39 is 0 Å². The van der Waals surface area contributed by atoms with Crippen molar-refractivity contribution in [3.63, 3.8) is 0 Å². The predicted molar refractivity (Wildman–Crippen MR) is 76.4 cm³/mol. The zero-order valence-electron chi connectivity index (χ0n) is 11.4. The third-order valence-corrected chi connectivity index (χ3v) is 4.50. The molecule has 2 unspecified atom stereocenters. The molecular weight excluding hydrogens is 278 g/mol. The molecule has 1 aliphatic rings. The summed E-state index contributed by atoms with van der Waals surface area (Å²) in [4.78, 5) is 0. The summed E-state index contributed by atoms with van der Waals surface area (Å²) < 4.78 is 7.46. The summed E-state index contributed by atoms with van der Waals surface area (Å²) in [6.07, 6.45) is 0.885. The van der Waals surface area contributed by atoms with Crippen LogP contribution in [0.1, 0.15) is 20.3 Å². The van der Waals surface area contributed by atoms with Gasteiger partial charge in [-0.3, -0.25) is 0 Å². The predicted octanol–water partition coefficient (Wildman–Crippen LogP) is 2.10. The molecule has 1 aromatic heterocycles. The quantitative estimate of drug-likeness (QED) is 0.858. The molecule has 20 heavy (non-hydrogen) atoms. The SMILES string of the molecule is CC1OCCC1(C)n1nnnc1-c1cccc(N)c1Cl. The van der Waals surface area contributed by atoms with E-state index in [0.29, 0.717) is 23.1 Å². The van der Waals surface area contributed by atoms with Crippen molar-refractivity contribution in [2.45, 2.75) is 31.9 Å². The van der Waals surface area contributed by atoms with E-state index in [9.17, 15) is 0 Å². The lowest BCUT2D eigenvalue weighted by molar-refractivity contribution is 0.0706. The van der Waals surface area contributed by atoms with Crippen LogP contribution in [0.5, 0.6) is 0 Å². The van der Waals surface area contributed by atoms with E-state index in [1.165, 1.54) is 0 Å². The van der Waals surface area contributed by atoms with Crippen molar-refractivity contribution in [1.29, 1.82) is 0 Å². The van der Waals surface area contributed by atoms with Gasteiger partial charge in [0, 0.05) is 12.2 Å². The Kier molecular flexibility index (Phi) is 3.14. The van der Waals surface area contributed by atoms with E-state index in [-0.39, 0.29) is 11.6 Å². The molecule has 0 amide bonds. The number of anilines is 1. The van der Waals surface area contributed by atoms with Gasteiger partial charge in [0.05, 0.1) is 22.4 Å². The van der Waals surface area contributed by atoms with Gasteiger partial charge in [-0.05, 0) is 42.8 Å². The Labute approximate surface area is 121 Å². The van der Waals surface area contributed by atoms with Crippen molar-refractivity contribution >= 4 is 17.3 Å². The maximum absolute atomic E-state index is 6.28. The van der Waals surface area contributed by atoms with Crippen molar-refractivity contribution in [3.8, 4) is 11.4 Å². The number of hydrogen-bond donors (Lipinski definition) is 1. The van der Waals surface area contributed by atoms with E-state index in [2.05, 4.69) is 22.4 Å². The van der Waals surface area contributed by atoms with Gasteiger partial charge in [0.15, 0.2) is 5.82 Å². The Morgan fingerprint density at radius 1 is 1.50 bits per heavy atom. The molecule has 0 bridgehead atoms. The van der Waals surface area contributed by atoms with E-state index in [1.807, 2.05) is 19.1 Å². The Morgan fingerprint density at radius 3 is 3.00 bits per heavy atom. The molecule has 1 aromatic carbocycles. The molecule has 6 nitrogen and oxygen atoms in total. The Bertz CT molecular complexity index is 643. The summed E-state index contributed by atoms with van der Waals surface area (Å²) in [6, 6.07) is 5.46. The summed E-state index contributed by atoms with van der Waals surface area (Å²) >= 11 is 6.28. The van der Waals surface area contributed by atoms with Crippen molar-refractivity contribution in [1.82, 2.24) is 20.2 Å². The maximum Gasteiger partial charge on any atom is 0.184 e. The van der Waals surface area contributed by atoms with Crippen molar-refractivity contribution in [3.05, 3.63) is 23.2 Å². The highest BCUT2D eigenvalue weighted by molar-refractivity contribution is 6.35. The van der Waals surface area contributed by atoms with Crippen LogP contribution in [0.2, 0.25) is 5.02 Å².